The van der Waals surface area contributed by atoms with Crippen LogP contribution in [0, 0.1) is 13.8 Å². The zero-order chi connectivity index (χ0) is 15.1. The van der Waals surface area contributed by atoms with Gasteiger partial charge in [0.1, 0.15) is 5.82 Å². The number of nitrogens with zero attached hydrogens (tertiary/aromatic N) is 2. The lowest BCUT2D eigenvalue weighted by Crippen LogP contribution is -2.46. The number of morpholine rings is 1. The smallest absolute Gasteiger partial charge is 0.124 e. The zero-order valence-electron chi connectivity index (χ0n) is 13.6. The van der Waals surface area contributed by atoms with Crippen LogP contribution in [-0.2, 0) is 4.74 Å². The summed E-state index contributed by atoms with van der Waals surface area (Å²) >= 11 is 0. The van der Waals surface area contributed by atoms with Crippen LogP contribution < -0.4 is 0 Å². The number of fused-ring (bicyclic) bond motifs is 1. The summed E-state index contributed by atoms with van der Waals surface area (Å²) in [7, 11) is 0. The van der Waals surface area contributed by atoms with E-state index in [1.807, 2.05) is 0 Å². The first-order chi connectivity index (χ1) is 9.94. The van der Waals surface area contributed by atoms with Gasteiger partial charge in [-0.1, -0.05) is 0 Å². The molecule has 1 saturated heterocycles. The quantitative estimate of drug-likeness (QED) is 0.921. The second-order valence-corrected chi connectivity index (χ2v) is 6.46. The third-order valence-electron chi connectivity index (χ3n) is 4.51. The van der Waals surface area contributed by atoms with Gasteiger partial charge in [0.25, 0.3) is 0 Å². The van der Waals surface area contributed by atoms with Crippen molar-refractivity contribution in [2.45, 2.75) is 52.9 Å². The molecule has 21 heavy (non-hydrogen) atoms. The number of hydrogen-bond acceptors (Lipinski definition) is 3. The molecule has 3 unspecified atom stereocenters. The molecule has 4 nitrogen and oxygen atoms in total. The molecule has 1 N–H and O–H groups in total. The average Bonchev–Trinajstić information content (AvgIpc) is 2.80. The molecule has 3 atom stereocenters. The Bertz CT molecular complexity index is 600. The van der Waals surface area contributed by atoms with Gasteiger partial charge >= 0.3 is 0 Å². The highest BCUT2D eigenvalue weighted by molar-refractivity contribution is 5.77. The predicted octanol–water partition coefficient (Wildman–Crippen LogP) is 3.35. The van der Waals surface area contributed by atoms with Gasteiger partial charge in [0, 0.05) is 13.1 Å². The van der Waals surface area contributed by atoms with Gasteiger partial charge in [-0.05, 0) is 57.9 Å². The lowest BCUT2D eigenvalue weighted by molar-refractivity contribution is -0.0797. The summed E-state index contributed by atoms with van der Waals surface area (Å²) < 4.78 is 5.82. The van der Waals surface area contributed by atoms with Gasteiger partial charge in [-0.3, -0.25) is 4.90 Å². The fourth-order valence-electron chi connectivity index (χ4n) is 3.19. The van der Waals surface area contributed by atoms with Crippen LogP contribution in [0.4, 0.5) is 0 Å². The number of imidazole rings is 1. The van der Waals surface area contributed by atoms with E-state index in [0.29, 0.717) is 0 Å². The van der Waals surface area contributed by atoms with Crippen molar-refractivity contribution in [3.8, 4) is 0 Å². The molecule has 2 aromatic rings. The van der Waals surface area contributed by atoms with Gasteiger partial charge in [0.05, 0.1) is 29.3 Å². The summed E-state index contributed by atoms with van der Waals surface area (Å²) in [6.07, 6.45) is 0.565. The topological polar surface area (TPSA) is 41.2 Å². The molecule has 1 aliphatic rings. The molecule has 0 amide bonds. The number of aromatic nitrogens is 2. The van der Waals surface area contributed by atoms with Crippen LogP contribution in [0.2, 0.25) is 0 Å². The predicted molar refractivity (Wildman–Crippen MR) is 85.6 cm³/mol. The number of ether oxygens (including phenoxy) is 1. The molecule has 0 spiro atoms. The van der Waals surface area contributed by atoms with E-state index in [4.69, 9.17) is 9.72 Å². The SMILES string of the molecule is Cc1cc2nc(C(C)N3CC(C)OC(C)C3)[nH]c2cc1C. The van der Waals surface area contributed by atoms with Crippen LogP contribution in [0.3, 0.4) is 0 Å². The fourth-order valence-corrected chi connectivity index (χ4v) is 3.19. The molecule has 0 radical (unpaired) electrons. The maximum atomic E-state index is 5.82. The number of hydrogen-bond donors (Lipinski definition) is 1. The molecule has 0 bridgehead atoms. The van der Waals surface area contributed by atoms with Crippen molar-refractivity contribution in [3.63, 3.8) is 0 Å². The van der Waals surface area contributed by atoms with Crippen LogP contribution in [0.25, 0.3) is 11.0 Å². The van der Waals surface area contributed by atoms with Crippen molar-refractivity contribution >= 4 is 11.0 Å². The molecule has 2 heterocycles. The lowest BCUT2D eigenvalue weighted by atomic mass is 10.1. The molecule has 114 valence electrons. The van der Waals surface area contributed by atoms with Gasteiger partial charge in [-0.15, -0.1) is 0 Å². The van der Waals surface area contributed by atoms with E-state index >= 15 is 0 Å². The van der Waals surface area contributed by atoms with E-state index in [2.05, 4.69) is 56.6 Å². The highest BCUT2D eigenvalue weighted by Gasteiger charge is 2.27. The number of H-pyrrole nitrogens is 1. The highest BCUT2D eigenvalue weighted by atomic mass is 16.5. The van der Waals surface area contributed by atoms with E-state index in [-0.39, 0.29) is 18.2 Å². The van der Waals surface area contributed by atoms with E-state index in [1.165, 1.54) is 11.1 Å². The molecule has 4 heteroatoms. The highest BCUT2D eigenvalue weighted by Crippen LogP contribution is 2.25. The second kappa shape index (κ2) is 5.43. The summed E-state index contributed by atoms with van der Waals surface area (Å²) in [4.78, 5) is 10.8. The van der Waals surface area contributed by atoms with Crippen molar-refractivity contribution < 1.29 is 4.74 Å². The summed E-state index contributed by atoms with van der Waals surface area (Å²) in [6.45, 7) is 12.7. The fraction of sp³-hybridized carbons (Fsp3) is 0.588. The van der Waals surface area contributed by atoms with E-state index in [0.717, 1.165) is 29.9 Å². The van der Waals surface area contributed by atoms with Crippen LogP contribution in [0.1, 0.15) is 43.8 Å². The molecule has 0 saturated carbocycles. The minimum absolute atomic E-state index is 0.282. The molecular weight excluding hydrogens is 262 g/mol. The van der Waals surface area contributed by atoms with Crippen LogP contribution in [0.15, 0.2) is 12.1 Å². The molecule has 0 aliphatic carbocycles. The maximum Gasteiger partial charge on any atom is 0.124 e. The Morgan fingerprint density at radius 2 is 1.81 bits per heavy atom. The first-order valence-corrected chi connectivity index (χ1v) is 7.80. The van der Waals surface area contributed by atoms with Crippen molar-refractivity contribution in [1.82, 2.24) is 14.9 Å². The Labute approximate surface area is 126 Å². The molecule has 1 aromatic heterocycles. The molecule has 3 rings (SSSR count). The number of benzene rings is 1. The van der Waals surface area contributed by atoms with Gasteiger partial charge in [-0.2, -0.15) is 0 Å². The summed E-state index contributed by atoms with van der Waals surface area (Å²) in [6, 6.07) is 4.65. The standard InChI is InChI=1S/C17H25N3O/c1-10-6-15-16(7-11(10)2)19-17(18-15)14(5)20-8-12(3)21-13(4)9-20/h6-7,12-14H,8-9H2,1-5H3,(H,18,19). The number of aromatic amines is 1. The van der Waals surface area contributed by atoms with Crippen molar-refractivity contribution in [1.29, 1.82) is 0 Å². The Hall–Kier alpha value is -1.39. The van der Waals surface area contributed by atoms with Gasteiger partial charge in [-0.25, -0.2) is 4.98 Å². The van der Waals surface area contributed by atoms with Gasteiger partial charge < -0.3 is 9.72 Å². The second-order valence-electron chi connectivity index (χ2n) is 6.46. The van der Waals surface area contributed by atoms with Gasteiger partial charge in [0.2, 0.25) is 0 Å². The Morgan fingerprint density at radius 1 is 1.19 bits per heavy atom. The van der Waals surface area contributed by atoms with Crippen LogP contribution in [-0.4, -0.2) is 40.2 Å². The zero-order valence-corrected chi connectivity index (χ0v) is 13.6. The van der Waals surface area contributed by atoms with E-state index in [1.54, 1.807) is 0 Å². The minimum Gasteiger partial charge on any atom is -0.373 e. The molecule has 1 aliphatic heterocycles. The van der Waals surface area contributed by atoms with Crippen LogP contribution >= 0.6 is 0 Å². The molecule has 1 fully saturated rings. The summed E-state index contributed by atoms with van der Waals surface area (Å²) in [5, 5.41) is 0. The summed E-state index contributed by atoms with van der Waals surface area (Å²) in [5.74, 6) is 1.05. The molecule has 1 aromatic carbocycles. The maximum absolute atomic E-state index is 5.82. The Kier molecular flexibility index (Phi) is 3.76. The van der Waals surface area contributed by atoms with E-state index < -0.39 is 0 Å². The monoisotopic (exact) mass is 287 g/mol. The number of aryl methyl sites for hydroxylation is 2. The molecular formula is C17H25N3O. The average molecular weight is 287 g/mol. The van der Waals surface area contributed by atoms with Gasteiger partial charge in [0.15, 0.2) is 0 Å². The van der Waals surface area contributed by atoms with Crippen molar-refractivity contribution in [2.75, 3.05) is 13.1 Å². The van der Waals surface area contributed by atoms with E-state index in [9.17, 15) is 0 Å². The largest absolute Gasteiger partial charge is 0.373 e. The third kappa shape index (κ3) is 2.83. The minimum atomic E-state index is 0.282. The Morgan fingerprint density at radius 3 is 2.48 bits per heavy atom. The van der Waals surface area contributed by atoms with Crippen molar-refractivity contribution in [2.24, 2.45) is 0 Å². The number of rotatable bonds is 2. The normalized spacial score (nSPS) is 25.4. The Balaban J connectivity index is 1.89. The first kappa shape index (κ1) is 14.5. The first-order valence-electron chi connectivity index (χ1n) is 7.80. The summed E-state index contributed by atoms with van der Waals surface area (Å²) in [5.41, 5.74) is 4.80. The van der Waals surface area contributed by atoms with Crippen molar-refractivity contribution in [3.05, 3.63) is 29.1 Å². The number of nitrogens with one attached hydrogen (secondary N) is 1. The lowest BCUT2D eigenvalue weighted by Gasteiger charge is -2.38. The third-order valence-corrected chi connectivity index (χ3v) is 4.51. The van der Waals surface area contributed by atoms with Crippen LogP contribution in [0.5, 0.6) is 0 Å².